The van der Waals surface area contributed by atoms with Gasteiger partial charge in [-0.2, -0.15) is 5.10 Å². The Bertz CT molecular complexity index is 667. The molecule has 22 heavy (non-hydrogen) atoms. The quantitative estimate of drug-likeness (QED) is 0.906. The van der Waals surface area contributed by atoms with Crippen LogP contribution in [0, 0.1) is 0 Å². The highest BCUT2D eigenvalue weighted by Crippen LogP contribution is 2.15. The summed E-state index contributed by atoms with van der Waals surface area (Å²) >= 11 is 0. The van der Waals surface area contributed by atoms with Crippen molar-refractivity contribution in [3.63, 3.8) is 0 Å². The Kier molecular flexibility index (Phi) is 3.88. The number of carbonyl (C=O) groups excluding carboxylic acids is 1. The number of aromatic nitrogens is 2. The highest BCUT2D eigenvalue weighted by atomic mass is 16.5. The van der Waals surface area contributed by atoms with Gasteiger partial charge in [0.15, 0.2) is 6.04 Å². The van der Waals surface area contributed by atoms with Crippen LogP contribution < -0.4 is 0 Å². The first kappa shape index (κ1) is 14.3. The summed E-state index contributed by atoms with van der Waals surface area (Å²) in [6, 6.07) is 7.77. The van der Waals surface area contributed by atoms with E-state index < -0.39 is 12.0 Å². The van der Waals surface area contributed by atoms with E-state index in [1.54, 1.807) is 41.3 Å². The molecule has 7 nitrogen and oxygen atoms in total. The van der Waals surface area contributed by atoms with E-state index in [0.29, 0.717) is 12.2 Å². The first-order chi connectivity index (χ1) is 10.7. The number of morpholine rings is 1. The number of carbonyl (C=O) groups is 2. The summed E-state index contributed by atoms with van der Waals surface area (Å²) in [5, 5.41) is 13.3. The van der Waals surface area contributed by atoms with Crippen LogP contribution in [0.1, 0.15) is 10.4 Å². The van der Waals surface area contributed by atoms with Gasteiger partial charge in [-0.25, -0.2) is 9.48 Å². The van der Waals surface area contributed by atoms with E-state index in [2.05, 4.69) is 5.10 Å². The van der Waals surface area contributed by atoms with E-state index in [4.69, 9.17) is 4.74 Å². The highest BCUT2D eigenvalue weighted by molar-refractivity contribution is 5.96. The van der Waals surface area contributed by atoms with Crippen molar-refractivity contribution in [1.82, 2.24) is 14.7 Å². The van der Waals surface area contributed by atoms with E-state index in [-0.39, 0.29) is 19.1 Å². The zero-order valence-corrected chi connectivity index (χ0v) is 11.8. The second-order valence-electron chi connectivity index (χ2n) is 4.93. The maximum absolute atomic E-state index is 12.5. The molecular formula is C15H15N3O4. The van der Waals surface area contributed by atoms with Crippen molar-refractivity contribution in [3.8, 4) is 5.69 Å². The number of carboxylic acids is 1. The third-order valence-corrected chi connectivity index (χ3v) is 3.56. The van der Waals surface area contributed by atoms with E-state index in [1.807, 2.05) is 6.07 Å². The van der Waals surface area contributed by atoms with Gasteiger partial charge >= 0.3 is 5.97 Å². The molecule has 2 aromatic rings. The number of hydrogen-bond acceptors (Lipinski definition) is 4. The predicted octanol–water partition coefficient (Wildman–Crippen LogP) is 0.798. The molecule has 1 atom stereocenters. The second-order valence-corrected chi connectivity index (χ2v) is 4.93. The average Bonchev–Trinajstić information content (AvgIpc) is 3.09. The van der Waals surface area contributed by atoms with Gasteiger partial charge in [0.25, 0.3) is 5.91 Å². The lowest BCUT2D eigenvalue weighted by Gasteiger charge is -2.32. The third-order valence-electron chi connectivity index (χ3n) is 3.56. The van der Waals surface area contributed by atoms with E-state index in [1.165, 1.54) is 4.90 Å². The monoisotopic (exact) mass is 301 g/mol. The molecule has 1 amide bonds. The Hall–Kier alpha value is -2.67. The molecule has 1 aromatic heterocycles. The van der Waals surface area contributed by atoms with Crippen molar-refractivity contribution in [2.75, 3.05) is 19.8 Å². The van der Waals surface area contributed by atoms with Crippen LogP contribution in [0.25, 0.3) is 5.69 Å². The van der Waals surface area contributed by atoms with Crippen LogP contribution in [-0.4, -0.2) is 57.5 Å². The number of benzene rings is 1. The molecule has 114 valence electrons. The SMILES string of the molecule is O=C(O)[C@@H]1COCCN1C(=O)c1ccc(-n2cccn2)cc1. The molecule has 2 heterocycles. The minimum atomic E-state index is -1.05. The molecule has 1 aromatic carbocycles. The third kappa shape index (κ3) is 2.71. The minimum Gasteiger partial charge on any atom is -0.480 e. The summed E-state index contributed by atoms with van der Waals surface area (Å²) < 4.78 is 6.83. The second kappa shape index (κ2) is 5.98. The molecule has 1 saturated heterocycles. The highest BCUT2D eigenvalue weighted by Gasteiger charge is 2.33. The molecular weight excluding hydrogens is 286 g/mol. The summed E-state index contributed by atoms with van der Waals surface area (Å²) in [6.45, 7) is 0.643. The standard InChI is InChI=1S/C15H15N3O4/c19-14(17-8-9-22-10-13(17)15(20)21)11-2-4-12(5-3-11)18-7-1-6-16-18/h1-7,13H,8-10H2,(H,20,21)/t13-/m0/s1. The number of aliphatic carboxylic acids is 1. The van der Waals surface area contributed by atoms with Crippen LogP contribution >= 0.6 is 0 Å². The minimum absolute atomic E-state index is 0.0203. The summed E-state index contributed by atoms with van der Waals surface area (Å²) in [6.07, 6.45) is 3.48. The maximum Gasteiger partial charge on any atom is 0.328 e. The molecule has 0 spiro atoms. The van der Waals surface area contributed by atoms with E-state index in [9.17, 15) is 14.7 Å². The van der Waals surface area contributed by atoms with Crippen molar-refractivity contribution in [2.45, 2.75) is 6.04 Å². The summed E-state index contributed by atoms with van der Waals surface area (Å²) in [4.78, 5) is 25.1. The fourth-order valence-corrected chi connectivity index (χ4v) is 2.40. The maximum atomic E-state index is 12.5. The van der Waals surface area contributed by atoms with Crippen LogP contribution in [0.5, 0.6) is 0 Å². The Morgan fingerprint density at radius 3 is 2.68 bits per heavy atom. The topological polar surface area (TPSA) is 84.7 Å². The van der Waals surface area contributed by atoms with Crippen LogP contribution in [0.3, 0.4) is 0 Å². The van der Waals surface area contributed by atoms with Crippen LogP contribution in [0.4, 0.5) is 0 Å². The number of amides is 1. The molecule has 0 aliphatic carbocycles. The number of rotatable bonds is 3. The van der Waals surface area contributed by atoms with Crippen molar-refractivity contribution >= 4 is 11.9 Å². The lowest BCUT2D eigenvalue weighted by Crippen LogP contribution is -2.52. The Morgan fingerprint density at radius 1 is 1.27 bits per heavy atom. The van der Waals surface area contributed by atoms with Gasteiger partial charge in [0.1, 0.15) is 0 Å². The fraction of sp³-hybridized carbons (Fsp3) is 0.267. The molecule has 0 radical (unpaired) electrons. The molecule has 1 aliphatic rings. The zero-order chi connectivity index (χ0) is 15.5. The van der Waals surface area contributed by atoms with Crippen LogP contribution in [0.15, 0.2) is 42.7 Å². The van der Waals surface area contributed by atoms with E-state index >= 15 is 0 Å². The summed E-state index contributed by atoms with van der Waals surface area (Å²) in [5.74, 6) is -1.36. The van der Waals surface area contributed by atoms with Gasteiger partial charge in [0, 0.05) is 24.5 Å². The first-order valence-corrected chi connectivity index (χ1v) is 6.88. The first-order valence-electron chi connectivity index (χ1n) is 6.88. The van der Waals surface area contributed by atoms with Crippen LogP contribution in [-0.2, 0) is 9.53 Å². The number of hydrogen-bond donors (Lipinski definition) is 1. The molecule has 3 rings (SSSR count). The van der Waals surface area contributed by atoms with Crippen molar-refractivity contribution in [1.29, 1.82) is 0 Å². The van der Waals surface area contributed by atoms with Gasteiger partial charge < -0.3 is 14.7 Å². The van der Waals surface area contributed by atoms with Gasteiger partial charge in [-0.1, -0.05) is 0 Å². The summed E-state index contributed by atoms with van der Waals surface area (Å²) in [5.41, 5.74) is 1.28. The lowest BCUT2D eigenvalue weighted by atomic mass is 10.1. The summed E-state index contributed by atoms with van der Waals surface area (Å²) in [7, 11) is 0. The van der Waals surface area contributed by atoms with Gasteiger partial charge in [-0.15, -0.1) is 0 Å². The normalized spacial score (nSPS) is 18.2. The smallest absolute Gasteiger partial charge is 0.328 e. The zero-order valence-electron chi connectivity index (χ0n) is 11.8. The van der Waals surface area contributed by atoms with E-state index in [0.717, 1.165) is 5.69 Å². The molecule has 1 aliphatic heterocycles. The van der Waals surface area contributed by atoms with Crippen molar-refractivity contribution in [3.05, 3.63) is 48.3 Å². The van der Waals surface area contributed by atoms with Crippen molar-refractivity contribution in [2.24, 2.45) is 0 Å². The van der Waals surface area contributed by atoms with Gasteiger partial charge in [-0.3, -0.25) is 4.79 Å². The molecule has 1 fully saturated rings. The molecule has 0 bridgehead atoms. The molecule has 1 N–H and O–H groups in total. The Morgan fingerprint density at radius 2 is 2.05 bits per heavy atom. The lowest BCUT2D eigenvalue weighted by molar-refractivity contribution is -0.147. The Labute approximate surface area is 126 Å². The largest absolute Gasteiger partial charge is 0.480 e. The van der Waals surface area contributed by atoms with Gasteiger partial charge in [-0.05, 0) is 30.3 Å². The number of nitrogens with zero attached hydrogens (tertiary/aromatic N) is 3. The Balaban J connectivity index is 1.81. The fourth-order valence-electron chi connectivity index (χ4n) is 2.40. The number of ether oxygens (including phenoxy) is 1. The average molecular weight is 301 g/mol. The number of carboxylic acid groups (broad SMARTS) is 1. The van der Waals surface area contributed by atoms with Gasteiger partial charge in [0.2, 0.25) is 0 Å². The molecule has 0 saturated carbocycles. The predicted molar refractivity (Wildman–Crippen MR) is 76.8 cm³/mol. The van der Waals surface area contributed by atoms with Crippen LogP contribution in [0.2, 0.25) is 0 Å². The molecule has 7 heteroatoms. The molecule has 0 unspecified atom stereocenters. The van der Waals surface area contributed by atoms with Crippen molar-refractivity contribution < 1.29 is 19.4 Å². The van der Waals surface area contributed by atoms with Gasteiger partial charge in [0.05, 0.1) is 18.9 Å².